The van der Waals surface area contributed by atoms with Crippen molar-refractivity contribution in [3.63, 3.8) is 0 Å². The van der Waals surface area contributed by atoms with E-state index in [0.29, 0.717) is 23.2 Å². The molecule has 0 amide bonds. The minimum absolute atomic E-state index is 0.113. The number of carbonyl (C=O) groups is 1. The predicted molar refractivity (Wildman–Crippen MR) is 83.6 cm³/mol. The smallest absolute Gasteiger partial charge is 0.352 e. The number of aromatic nitrogens is 3. The average molecular weight is 299 g/mol. The van der Waals surface area contributed by atoms with Crippen LogP contribution in [-0.4, -0.2) is 25.0 Å². The highest BCUT2D eigenvalue weighted by Crippen LogP contribution is 2.18. The summed E-state index contributed by atoms with van der Waals surface area (Å²) in [7, 11) is 0. The van der Waals surface area contributed by atoms with Crippen molar-refractivity contribution in [1.82, 2.24) is 14.0 Å². The predicted octanol–water partition coefficient (Wildman–Crippen LogP) is 2.46. The Hall–Kier alpha value is -2.63. The molecule has 114 valence electrons. The first-order chi connectivity index (χ1) is 10.5. The van der Waals surface area contributed by atoms with Gasteiger partial charge in [0.15, 0.2) is 0 Å². The van der Waals surface area contributed by atoms with E-state index in [0.717, 1.165) is 18.5 Å². The number of aromatic carboxylic acids is 1. The largest absolute Gasteiger partial charge is 0.477 e. The molecule has 6 nitrogen and oxygen atoms in total. The third-order valence-corrected chi connectivity index (χ3v) is 3.84. The molecule has 0 aliphatic carbocycles. The fraction of sp³-hybridized carbons (Fsp3) is 0.312. The standard InChI is InChI=1S/C16H17N3O3/c1-3-4-8-18-12(16(21)22)9-11-14(18)17-13-7-5-6-10(2)19(13)15(11)20/h5-7,9H,3-4,8H2,1-2H3,(H,21,22). The second-order valence-electron chi connectivity index (χ2n) is 5.35. The van der Waals surface area contributed by atoms with E-state index in [1.165, 1.54) is 10.5 Å². The maximum Gasteiger partial charge on any atom is 0.352 e. The second-order valence-corrected chi connectivity index (χ2v) is 5.35. The third kappa shape index (κ3) is 2.07. The maximum absolute atomic E-state index is 12.7. The van der Waals surface area contributed by atoms with Gasteiger partial charge < -0.3 is 9.67 Å². The van der Waals surface area contributed by atoms with E-state index in [4.69, 9.17) is 0 Å². The Kier molecular flexibility index (Phi) is 3.44. The molecule has 0 saturated carbocycles. The van der Waals surface area contributed by atoms with Gasteiger partial charge in [0.1, 0.15) is 17.0 Å². The van der Waals surface area contributed by atoms with Crippen LogP contribution in [0.5, 0.6) is 0 Å². The van der Waals surface area contributed by atoms with Crippen molar-refractivity contribution in [3.8, 4) is 0 Å². The van der Waals surface area contributed by atoms with Crippen LogP contribution in [0.15, 0.2) is 29.1 Å². The van der Waals surface area contributed by atoms with Crippen LogP contribution in [0.3, 0.4) is 0 Å². The van der Waals surface area contributed by atoms with Gasteiger partial charge in [0.05, 0.1) is 5.39 Å². The first-order valence-electron chi connectivity index (χ1n) is 7.29. The number of fused-ring (bicyclic) bond motifs is 2. The van der Waals surface area contributed by atoms with Crippen molar-refractivity contribution < 1.29 is 9.90 Å². The Balaban J connectivity index is 2.42. The van der Waals surface area contributed by atoms with Crippen LogP contribution < -0.4 is 5.56 Å². The van der Waals surface area contributed by atoms with Crippen LogP contribution in [0.2, 0.25) is 0 Å². The summed E-state index contributed by atoms with van der Waals surface area (Å²) in [4.78, 5) is 28.7. The van der Waals surface area contributed by atoms with Gasteiger partial charge in [-0.15, -0.1) is 0 Å². The van der Waals surface area contributed by atoms with Crippen molar-refractivity contribution >= 4 is 22.6 Å². The number of pyridine rings is 1. The van der Waals surface area contributed by atoms with E-state index in [-0.39, 0.29) is 11.3 Å². The molecular weight excluding hydrogens is 282 g/mol. The summed E-state index contributed by atoms with van der Waals surface area (Å²) in [6.07, 6.45) is 1.77. The van der Waals surface area contributed by atoms with Crippen LogP contribution >= 0.6 is 0 Å². The van der Waals surface area contributed by atoms with Crippen molar-refractivity contribution in [2.45, 2.75) is 33.2 Å². The topological polar surface area (TPSA) is 76.6 Å². The van der Waals surface area contributed by atoms with Crippen molar-refractivity contribution in [1.29, 1.82) is 0 Å². The highest BCUT2D eigenvalue weighted by Gasteiger charge is 2.19. The molecule has 0 aliphatic heterocycles. The minimum atomic E-state index is -1.04. The summed E-state index contributed by atoms with van der Waals surface area (Å²) in [5.41, 5.74) is 1.64. The zero-order valence-electron chi connectivity index (χ0n) is 12.5. The SMILES string of the molecule is CCCCn1c(C(=O)O)cc2c(=O)n3c(C)cccc3nc21. The van der Waals surface area contributed by atoms with E-state index in [9.17, 15) is 14.7 Å². The molecule has 3 aromatic rings. The third-order valence-electron chi connectivity index (χ3n) is 3.84. The number of nitrogens with zero attached hydrogens (tertiary/aromatic N) is 3. The number of hydrogen-bond donors (Lipinski definition) is 1. The zero-order valence-corrected chi connectivity index (χ0v) is 12.5. The van der Waals surface area contributed by atoms with E-state index < -0.39 is 5.97 Å². The fourth-order valence-electron chi connectivity index (χ4n) is 2.72. The molecule has 0 spiro atoms. The summed E-state index contributed by atoms with van der Waals surface area (Å²) >= 11 is 0. The summed E-state index contributed by atoms with van der Waals surface area (Å²) in [6, 6.07) is 6.85. The molecule has 0 radical (unpaired) electrons. The molecule has 1 N–H and O–H groups in total. The lowest BCUT2D eigenvalue weighted by atomic mass is 10.3. The molecule has 0 bridgehead atoms. The molecule has 3 aromatic heterocycles. The maximum atomic E-state index is 12.7. The first-order valence-corrected chi connectivity index (χ1v) is 7.29. The van der Waals surface area contributed by atoms with E-state index in [2.05, 4.69) is 4.98 Å². The van der Waals surface area contributed by atoms with Crippen LogP contribution in [0, 0.1) is 6.92 Å². The number of carboxylic acid groups (broad SMARTS) is 1. The molecule has 0 saturated heterocycles. The van der Waals surface area contributed by atoms with Crippen molar-refractivity contribution in [3.05, 3.63) is 46.0 Å². The monoisotopic (exact) mass is 299 g/mol. The molecule has 3 heterocycles. The quantitative estimate of drug-likeness (QED) is 0.803. The number of aryl methyl sites for hydroxylation is 2. The molecule has 0 fully saturated rings. The van der Waals surface area contributed by atoms with Crippen LogP contribution in [0.4, 0.5) is 0 Å². The van der Waals surface area contributed by atoms with E-state index in [1.807, 2.05) is 26.0 Å². The number of rotatable bonds is 4. The summed E-state index contributed by atoms with van der Waals surface area (Å²) < 4.78 is 3.14. The van der Waals surface area contributed by atoms with Gasteiger partial charge in [0.25, 0.3) is 5.56 Å². The second kappa shape index (κ2) is 5.29. The van der Waals surface area contributed by atoms with Crippen LogP contribution in [0.1, 0.15) is 35.9 Å². The Morgan fingerprint density at radius 2 is 2.14 bits per heavy atom. The van der Waals surface area contributed by atoms with Gasteiger partial charge in [-0.3, -0.25) is 9.20 Å². The van der Waals surface area contributed by atoms with Crippen LogP contribution in [-0.2, 0) is 6.54 Å². The Labute approximate surface area is 126 Å². The molecule has 6 heteroatoms. The number of carboxylic acids is 1. The van der Waals surface area contributed by atoms with Gasteiger partial charge in [-0.2, -0.15) is 0 Å². The minimum Gasteiger partial charge on any atom is -0.477 e. The van der Waals surface area contributed by atoms with Gasteiger partial charge >= 0.3 is 5.97 Å². The van der Waals surface area contributed by atoms with Crippen molar-refractivity contribution in [2.75, 3.05) is 0 Å². The lowest BCUT2D eigenvalue weighted by molar-refractivity contribution is 0.0685. The van der Waals surface area contributed by atoms with E-state index >= 15 is 0 Å². The number of unbranched alkanes of at least 4 members (excludes halogenated alkanes) is 1. The molecule has 0 unspecified atom stereocenters. The van der Waals surface area contributed by atoms with Crippen molar-refractivity contribution in [2.24, 2.45) is 0 Å². The van der Waals surface area contributed by atoms with Gasteiger partial charge in [0.2, 0.25) is 0 Å². The fourth-order valence-corrected chi connectivity index (χ4v) is 2.72. The lowest BCUT2D eigenvalue weighted by Crippen LogP contribution is -2.17. The lowest BCUT2D eigenvalue weighted by Gasteiger charge is -2.08. The highest BCUT2D eigenvalue weighted by molar-refractivity contribution is 5.93. The Bertz CT molecular complexity index is 937. The molecule has 0 aliphatic rings. The summed E-state index contributed by atoms with van der Waals surface area (Å²) in [5.74, 6) is -1.04. The molecule has 0 aromatic carbocycles. The molecular formula is C16H17N3O3. The van der Waals surface area contributed by atoms with E-state index in [1.54, 1.807) is 10.6 Å². The zero-order chi connectivity index (χ0) is 15.9. The Morgan fingerprint density at radius 3 is 2.82 bits per heavy atom. The summed E-state index contributed by atoms with van der Waals surface area (Å²) in [6.45, 7) is 4.40. The first kappa shape index (κ1) is 14.3. The Morgan fingerprint density at radius 1 is 1.36 bits per heavy atom. The van der Waals surface area contributed by atoms with Gasteiger partial charge in [-0.25, -0.2) is 9.78 Å². The van der Waals surface area contributed by atoms with Gasteiger partial charge in [0, 0.05) is 12.2 Å². The summed E-state index contributed by atoms with van der Waals surface area (Å²) in [5, 5.41) is 9.74. The van der Waals surface area contributed by atoms with Gasteiger partial charge in [-0.05, 0) is 31.5 Å². The molecule has 3 rings (SSSR count). The highest BCUT2D eigenvalue weighted by atomic mass is 16.4. The van der Waals surface area contributed by atoms with Gasteiger partial charge in [-0.1, -0.05) is 19.4 Å². The molecule has 0 atom stereocenters. The normalized spacial score (nSPS) is 11.4. The average Bonchev–Trinajstić information content (AvgIpc) is 2.84. The van der Waals surface area contributed by atoms with Crippen LogP contribution in [0.25, 0.3) is 16.7 Å². The number of hydrogen-bond acceptors (Lipinski definition) is 3. The molecule has 22 heavy (non-hydrogen) atoms.